The Kier molecular flexibility index (Phi) is 8.16. The third kappa shape index (κ3) is 7.06. The average molecular weight is 410 g/mol. The molecular formula is C18H20F6N2S. The molecule has 1 atom stereocenters. The Labute approximate surface area is 159 Å². The summed E-state index contributed by atoms with van der Waals surface area (Å²) in [5, 5.41) is 0. The molecule has 0 saturated heterocycles. The van der Waals surface area contributed by atoms with Crippen molar-refractivity contribution in [3.8, 4) is 0 Å². The van der Waals surface area contributed by atoms with Gasteiger partial charge in [-0.3, -0.25) is 9.71 Å². The third-order valence-electron chi connectivity index (χ3n) is 3.12. The van der Waals surface area contributed by atoms with Crippen LogP contribution in [0.25, 0.3) is 0 Å². The van der Waals surface area contributed by atoms with Crippen LogP contribution < -0.4 is 4.72 Å². The molecule has 0 aliphatic rings. The highest BCUT2D eigenvalue weighted by Crippen LogP contribution is 2.36. The second kappa shape index (κ2) is 9.45. The summed E-state index contributed by atoms with van der Waals surface area (Å²) in [6.07, 6.45) is -7.99. The first-order valence-corrected chi connectivity index (χ1v) is 8.41. The van der Waals surface area contributed by atoms with Gasteiger partial charge in [0, 0.05) is 6.20 Å². The van der Waals surface area contributed by atoms with Gasteiger partial charge in [0.2, 0.25) is 0 Å². The van der Waals surface area contributed by atoms with E-state index in [2.05, 4.69) is 43.3 Å². The van der Waals surface area contributed by atoms with E-state index in [1.54, 1.807) is 0 Å². The van der Waals surface area contributed by atoms with Gasteiger partial charge < -0.3 is 0 Å². The summed E-state index contributed by atoms with van der Waals surface area (Å²) in [4.78, 5) is 3.71. The zero-order chi connectivity index (χ0) is 20.8. The normalized spacial score (nSPS) is 13.1. The molecule has 1 unspecified atom stereocenters. The summed E-state index contributed by atoms with van der Waals surface area (Å²) < 4.78 is 79.1. The lowest BCUT2D eigenvalue weighted by Crippen LogP contribution is -2.20. The number of alkyl halides is 6. The Morgan fingerprint density at radius 1 is 0.889 bits per heavy atom. The van der Waals surface area contributed by atoms with E-state index in [0.29, 0.717) is 0 Å². The van der Waals surface area contributed by atoms with Crippen molar-refractivity contribution in [1.29, 1.82) is 0 Å². The van der Waals surface area contributed by atoms with E-state index in [1.807, 2.05) is 0 Å². The number of benzene rings is 1. The summed E-state index contributed by atoms with van der Waals surface area (Å²) in [5.41, 5.74) is -2.06. The summed E-state index contributed by atoms with van der Waals surface area (Å²) in [6.45, 7) is 6.50. The van der Waals surface area contributed by atoms with Gasteiger partial charge in [-0.1, -0.05) is 45.7 Å². The van der Waals surface area contributed by atoms with E-state index < -0.39 is 29.5 Å². The molecule has 1 aromatic heterocycles. The molecular weight excluding hydrogens is 390 g/mol. The first-order valence-electron chi connectivity index (χ1n) is 7.96. The van der Waals surface area contributed by atoms with Gasteiger partial charge >= 0.3 is 12.4 Å². The van der Waals surface area contributed by atoms with Crippen molar-refractivity contribution >= 4 is 12.8 Å². The molecule has 150 valence electrons. The minimum atomic E-state index is -4.64. The highest BCUT2D eigenvalue weighted by Gasteiger charge is 2.36. The van der Waals surface area contributed by atoms with Crippen LogP contribution in [0.5, 0.6) is 0 Å². The lowest BCUT2D eigenvalue weighted by atomic mass is 9.98. The Morgan fingerprint density at radius 3 is 1.81 bits per heavy atom. The summed E-state index contributed by atoms with van der Waals surface area (Å²) >= 11 is 3.78. The van der Waals surface area contributed by atoms with Gasteiger partial charge in [0.1, 0.15) is 0 Å². The third-order valence-corrected chi connectivity index (χ3v) is 3.38. The molecule has 0 radical (unpaired) electrons. The molecule has 1 heterocycles. The minimum absolute atomic E-state index is 0.178. The van der Waals surface area contributed by atoms with Gasteiger partial charge in [0.25, 0.3) is 0 Å². The van der Waals surface area contributed by atoms with Crippen LogP contribution in [-0.4, -0.2) is 4.98 Å². The number of halogens is 6. The molecule has 0 spiro atoms. The molecule has 0 amide bonds. The SMILES string of the molecule is CC(C)C.FC(F)(F)c1ccc(C(NS)c2ncccc2C(F)(F)F)cc1. The highest BCUT2D eigenvalue weighted by molar-refractivity contribution is 7.78. The largest absolute Gasteiger partial charge is 0.418 e. The van der Waals surface area contributed by atoms with Crippen LogP contribution in [0.2, 0.25) is 0 Å². The molecule has 1 N–H and O–H groups in total. The number of hydrogen-bond donors (Lipinski definition) is 2. The molecule has 27 heavy (non-hydrogen) atoms. The second-order valence-electron chi connectivity index (χ2n) is 6.35. The molecule has 9 heteroatoms. The van der Waals surface area contributed by atoms with E-state index >= 15 is 0 Å². The lowest BCUT2D eigenvalue weighted by Gasteiger charge is -2.20. The molecule has 2 rings (SSSR count). The second-order valence-corrected chi connectivity index (χ2v) is 6.61. The Morgan fingerprint density at radius 2 is 1.41 bits per heavy atom. The Bertz CT molecular complexity index is 708. The first kappa shape index (κ1) is 23.3. The van der Waals surface area contributed by atoms with Crippen LogP contribution in [0.1, 0.15) is 49.2 Å². The number of thiol groups is 1. The van der Waals surface area contributed by atoms with E-state index in [9.17, 15) is 26.3 Å². The smallest absolute Gasteiger partial charge is 0.259 e. The van der Waals surface area contributed by atoms with Gasteiger partial charge in [-0.05, 0) is 35.7 Å². The van der Waals surface area contributed by atoms with Crippen molar-refractivity contribution < 1.29 is 26.3 Å². The van der Waals surface area contributed by atoms with Crippen LogP contribution in [0.4, 0.5) is 26.3 Å². The fraction of sp³-hybridized carbons (Fsp3) is 0.389. The Balaban J connectivity index is 0.000000828. The number of aromatic nitrogens is 1. The van der Waals surface area contributed by atoms with E-state index in [4.69, 9.17) is 0 Å². The highest BCUT2D eigenvalue weighted by atomic mass is 32.1. The standard InChI is InChI=1S/C14H10F6N2S.C4H10/c15-13(16,17)9-5-3-8(4-6-9)11(22-23)12-10(14(18,19)20)2-1-7-21-12;1-4(2)3/h1-7,11,22-23H;4H,1-3H3. The molecule has 2 nitrogen and oxygen atoms in total. The fourth-order valence-corrected chi connectivity index (χ4v) is 2.32. The van der Waals surface area contributed by atoms with Crippen LogP contribution in [0, 0.1) is 5.92 Å². The van der Waals surface area contributed by atoms with Gasteiger partial charge in [-0.2, -0.15) is 26.3 Å². The quantitative estimate of drug-likeness (QED) is 0.458. The maximum Gasteiger partial charge on any atom is 0.418 e. The predicted molar refractivity (Wildman–Crippen MR) is 95.2 cm³/mol. The monoisotopic (exact) mass is 410 g/mol. The molecule has 2 aromatic rings. The van der Waals surface area contributed by atoms with Gasteiger partial charge in [-0.15, -0.1) is 0 Å². The van der Waals surface area contributed by atoms with Crippen molar-refractivity contribution in [2.45, 2.75) is 39.2 Å². The fourth-order valence-electron chi connectivity index (χ4n) is 2.05. The lowest BCUT2D eigenvalue weighted by molar-refractivity contribution is -0.139. The van der Waals surface area contributed by atoms with Crippen molar-refractivity contribution in [3.63, 3.8) is 0 Å². The first-order chi connectivity index (χ1) is 12.4. The number of nitrogens with zero attached hydrogens (tertiary/aromatic N) is 1. The van der Waals surface area contributed by atoms with Crippen molar-refractivity contribution in [3.05, 3.63) is 65.0 Å². The topological polar surface area (TPSA) is 24.9 Å². The van der Waals surface area contributed by atoms with Crippen LogP contribution in [0.3, 0.4) is 0 Å². The molecule has 0 saturated carbocycles. The van der Waals surface area contributed by atoms with Gasteiger partial charge in [0.05, 0.1) is 22.9 Å². The number of nitrogens with one attached hydrogen (secondary N) is 1. The van der Waals surface area contributed by atoms with E-state index in [0.717, 1.165) is 42.3 Å². The minimum Gasteiger partial charge on any atom is -0.259 e. The average Bonchev–Trinajstić information content (AvgIpc) is 2.54. The predicted octanol–water partition coefficient (Wildman–Crippen LogP) is 6.31. The molecule has 1 aromatic carbocycles. The summed E-state index contributed by atoms with van der Waals surface area (Å²) in [6, 6.07) is 4.64. The van der Waals surface area contributed by atoms with Crippen molar-refractivity contribution in [1.82, 2.24) is 9.71 Å². The van der Waals surface area contributed by atoms with Crippen LogP contribution in [-0.2, 0) is 12.4 Å². The zero-order valence-corrected chi connectivity index (χ0v) is 15.8. The Hall–Kier alpha value is -1.74. The molecule has 0 bridgehead atoms. The summed E-state index contributed by atoms with van der Waals surface area (Å²) in [5.74, 6) is 0.833. The van der Waals surface area contributed by atoms with Crippen molar-refractivity contribution in [2.75, 3.05) is 0 Å². The van der Waals surface area contributed by atoms with E-state index in [1.165, 1.54) is 6.20 Å². The maximum atomic E-state index is 13.0. The zero-order valence-electron chi connectivity index (χ0n) is 14.9. The number of rotatable bonds is 3. The number of hydrogen-bond acceptors (Lipinski definition) is 3. The molecule has 0 aliphatic heterocycles. The van der Waals surface area contributed by atoms with Crippen LogP contribution in [0.15, 0.2) is 42.6 Å². The summed E-state index contributed by atoms with van der Waals surface area (Å²) in [7, 11) is 0. The number of pyridine rings is 1. The molecule has 0 fully saturated rings. The maximum absolute atomic E-state index is 13.0. The van der Waals surface area contributed by atoms with Gasteiger partial charge in [0.15, 0.2) is 0 Å². The van der Waals surface area contributed by atoms with Crippen LogP contribution >= 0.6 is 12.8 Å². The van der Waals surface area contributed by atoms with E-state index in [-0.39, 0.29) is 11.3 Å². The molecule has 0 aliphatic carbocycles. The van der Waals surface area contributed by atoms with Crippen molar-refractivity contribution in [2.24, 2.45) is 5.92 Å². The van der Waals surface area contributed by atoms with Gasteiger partial charge in [-0.25, -0.2) is 0 Å².